The minimum atomic E-state index is -0.925. The molecule has 7 nitrogen and oxygen atoms in total. The molecular weight excluding hydrogens is 586 g/mol. The number of nitriles is 1. The first-order chi connectivity index (χ1) is 22.9. The number of likely N-dealkylation sites (tertiary alicyclic amines) is 1. The molecule has 6 atom stereocenters. The van der Waals surface area contributed by atoms with E-state index in [0.717, 1.165) is 27.8 Å². The van der Waals surface area contributed by atoms with E-state index in [1.165, 1.54) is 0 Å². The lowest BCUT2D eigenvalue weighted by atomic mass is 9.91. The predicted octanol–water partition coefficient (Wildman–Crippen LogP) is 4.94. The number of aliphatic hydroxyl groups excluding tert-OH is 2. The molecule has 1 heterocycles. The van der Waals surface area contributed by atoms with Gasteiger partial charge in [0, 0.05) is 30.8 Å². The van der Waals surface area contributed by atoms with Crippen LogP contribution in [0.15, 0.2) is 109 Å². The molecule has 1 fully saturated rings. The van der Waals surface area contributed by atoms with E-state index in [4.69, 9.17) is 0 Å². The Bertz CT molecular complexity index is 1700. The summed E-state index contributed by atoms with van der Waals surface area (Å²) in [6.07, 6.45) is 1.34. The fourth-order valence-corrected chi connectivity index (χ4v) is 7.29. The number of rotatable bonds is 12. The van der Waals surface area contributed by atoms with Crippen LogP contribution in [0.25, 0.3) is 0 Å². The van der Waals surface area contributed by atoms with Crippen LogP contribution in [0.3, 0.4) is 0 Å². The van der Waals surface area contributed by atoms with Gasteiger partial charge in [-0.1, -0.05) is 97.1 Å². The maximum Gasteiger partial charge on any atom is 0.226 e. The second kappa shape index (κ2) is 14.8. The highest BCUT2D eigenvalue weighted by Crippen LogP contribution is 2.33. The number of fused-ring (bicyclic) bond motifs is 1. The third kappa shape index (κ3) is 7.79. The Balaban J connectivity index is 1.18. The summed E-state index contributed by atoms with van der Waals surface area (Å²) >= 11 is 0. The number of nitrogens with zero attached hydrogens (tertiary/aromatic N) is 2. The quantitative estimate of drug-likeness (QED) is 0.206. The molecule has 0 radical (unpaired) electrons. The van der Waals surface area contributed by atoms with Crippen LogP contribution in [0.1, 0.15) is 52.3 Å². The number of nitrogens with one attached hydrogen (secondary N) is 1. The number of hydrogen-bond donors (Lipinski definition) is 3. The fraction of sp³-hybridized carbons (Fsp3) is 0.325. The number of β-amino-alcohol motifs (C(OH)–C–C–N with tert-alkyl or cyclic N) is 1. The van der Waals surface area contributed by atoms with Gasteiger partial charge in [-0.2, -0.15) is 5.26 Å². The number of amides is 2. The maximum atomic E-state index is 13.9. The number of hydrogen-bond acceptors (Lipinski definition) is 5. The summed E-state index contributed by atoms with van der Waals surface area (Å²) in [6.45, 7) is 0.133. The van der Waals surface area contributed by atoms with Crippen LogP contribution in [0, 0.1) is 23.2 Å². The normalized spacial score (nSPS) is 21.6. The average molecular weight is 628 g/mol. The zero-order valence-electron chi connectivity index (χ0n) is 26.4. The molecule has 1 saturated heterocycles. The Morgan fingerprint density at radius 3 is 2.21 bits per heavy atom. The summed E-state index contributed by atoms with van der Waals surface area (Å²) < 4.78 is 0. The minimum absolute atomic E-state index is 0.00378. The zero-order chi connectivity index (χ0) is 32.8. The molecule has 7 heteroatoms. The van der Waals surface area contributed by atoms with Crippen molar-refractivity contribution in [1.82, 2.24) is 10.2 Å². The van der Waals surface area contributed by atoms with E-state index in [0.29, 0.717) is 37.7 Å². The topological polar surface area (TPSA) is 114 Å². The molecule has 47 heavy (non-hydrogen) atoms. The predicted molar refractivity (Wildman–Crippen MR) is 180 cm³/mol. The first-order valence-corrected chi connectivity index (χ1v) is 16.5. The first kappa shape index (κ1) is 32.2. The molecule has 4 aromatic rings. The van der Waals surface area contributed by atoms with Crippen LogP contribution in [0.4, 0.5) is 0 Å². The van der Waals surface area contributed by atoms with Crippen molar-refractivity contribution >= 4 is 11.8 Å². The fourth-order valence-electron chi connectivity index (χ4n) is 7.29. The van der Waals surface area contributed by atoms with Gasteiger partial charge in [-0.15, -0.1) is 0 Å². The van der Waals surface area contributed by atoms with E-state index in [2.05, 4.69) is 23.5 Å². The lowest BCUT2D eigenvalue weighted by molar-refractivity contribution is -0.133. The van der Waals surface area contributed by atoms with Crippen molar-refractivity contribution in [2.75, 3.05) is 6.54 Å². The second-order valence-electron chi connectivity index (χ2n) is 13.0. The van der Waals surface area contributed by atoms with Crippen LogP contribution < -0.4 is 5.32 Å². The lowest BCUT2D eigenvalue weighted by Gasteiger charge is -2.29. The molecular formula is C40H41N3O4. The maximum absolute atomic E-state index is 13.9. The van der Waals surface area contributed by atoms with Crippen molar-refractivity contribution in [3.8, 4) is 6.07 Å². The highest BCUT2D eigenvalue weighted by atomic mass is 16.3. The van der Waals surface area contributed by atoms with E-state index in [1.54, 1.807) is 12.1 Å². The van der Waals surface area contributed by atoms with Crippen molar-refractivity contribution in [3.63, 3.8) is 0 Å². The monoisotopic (exact) mass is 627 g/mol. The molecule has 2 amide bonds. The van der Waals surface area contributed by atoms with Crippen LogP contribution in [0.2, 0.25) is 0 Å². The highest BCUT2D eigenvalue weighted by molar-refractivity contribution is 5.82. The molecule has 0 bridgehead atoms. The van der Waals surface area contributed by atoms with E-state index < -0.39 is 24.2 Å². The Morgan fingerprint density at radius 2 is 1.51 bits per heavy atom. The van der Waals surface area contributed by atoms with Crippen LogP contribution in [-0.2, 0) is 35.3 Å². The van der Waals surface area contributed by atoms with Gasteiger partial charge >= 0.3 is 0 Å². The van der Waals surface area contributed by atoms with Crippen molar-refractivity contribution in [2.24, 2.45) is 11.8 Å². The molecule has 6 rings (SSSR count). The van der Waals surface area contributed by atoms with Crippen molar-refractivity contribution < 1.29 is 19.8 Å². The van der Waals surface area contributed by atoms with Gasteiger partial charge in [-0.3, -0.25) is 9.59 Å². The third-order valence-corrected chi connectivity index (χ3v) is 9.67. The standard InChI is InChI=1S/C40H41N3O4/c41-25-30-17-15-29(16-18-30)20-33-22-34(21-28-11-5-2-6-12-28)43(40(33)47)26-35(44)23-32(19-27-9-3-1-4-10-27)39(46)42-38-36-14-8-7-13-31(36)24-37(38)45/h1-18,32-35,37-38,44-45H,19-24,26H2,(H,42,46)/t32-,33-,34-,35-,37+,38-/m0/s1. The Labute approximate surface area is 276 Å². The molecule has 240 valence electrons. The molecule has 4 aromatic carbocycles. The molecule has 0 spiro atoms. The summed E-state index contributed by atoms with van der Waals surface area (Å²) in [7, 11) is 0. The Kier molecular flexibility index (Phi) is 10.1. The number of benzene rings is 4. The Morgan fingerprint density at radius 1 is 0.872 bits per heavy atom. The molecule has 0 unspecified atom stereocenters. The summed E-state index contributed by atoms with van der Waals surface area (Å²) in [4.78, 5) is 29.6. The van der Waals surface area contributed by atoms with E-state index in [9.17, 15) is 25.1 Å². The van der Waals surface area contributed by atoms with E-state index >= 15 is 0 Å². The van der Waals surface area contributed by atoms with Gasteiger partial charge in [0.15, 0.2) is 0 Å². The second-order valence-corrected chi connectivity index (χ2v) is 13.0. The van der Waals surface area contributed by atoms with Gasteiger partial charge < -0.3 is 20.4 Å². The highest BCUT2D eigenvalue weighted by Gasteiger charge is 2.41. The molecule has 0 saturated carbocycles. The third-order valence-electron chi connectivity index (χ3n) is 9.67. The molecule has 3 N–H and O–H groups in total. The zero-order valence-corrected chi connectivity index (χ0v) is 26.4. The number of carbonyl (C=O) groups is 2. The summed E-state index contributed by atoms with van der Waals surface area (Å²) in [5.41, 5.74) is 5.64. The Hall–Kier alpha value is -4.77. The van der Waals surface area contributed by atoms with Crippen molar-refractivity contribution in [3.05, 3.63) is 143 Å². The summed E-state index contributed by atoms with van der Waals surface area (Å²) in [6, 6.07) is 36.5. The first-order valence-electron chi connectivity index (χ1n) is 16.5. The van der Waals surface area contributed by atoms with Gasteiger partial charge in [0.25, 0.3) is 0 Å². The summed E-state index contributed by atoms with van der Waals surface area (Å²) in [5, 5.41) is 34.6. The SMILES string of the molecule is N#Cc1ccc(C[C@H]2C[C@H](Cc3ccccc3)N(C[C@@H](O)C[C@H](Cc3ccccc3)C(=O)N[C@H]3c4ccccc4C[C@H]3O)C2=O)cc1. The van der Waals surface area contributed by atoms with Gasteiger partial charge in [0.2, 0.25) is 11.8 Å². The van der Waals surface area contributed by atoms with Crippen molar-refractivity contribution in [2.45, 2.75) is 62.8 Å². The smallest absolute Gasteiger partial charge is 0.226 e. The van der Waals surface area contributed by atoms with Crippen molar-refractivity contribution in [1.29, 1.82) is 5.26 Å². The van der Waals surface area contributed by atoms with Gasteiger partial charge in [0.1, 0.15) is 0 Å². The molecule has 0 aromatic heterocycles. The molecule has 1 aliphatic carbocycles. The van der Waals surface area contributed by atoms with Crippen LogP contribution in [-0.4, -0.2) is 51.7 Å². The van der Waals surface area contributed by atoms with E-state index in [-0.39, 0.29) is 36.7 Å². The minimum Gasteiger partial charge on any atom is -0.391 e. The number of aliphatic hydroxyl groups is 2. The summed E-state index contributed by atoms with van der Waals surface area (Å²) in [5.74, 6) is -1.02. The van der Waals surface area contributed by atoms with Crippen LogP contribution >= 0.6 is 0 Å². The molecule has 1 aliphatic heterocycles. The van der Waals surface area contributed by atoms with E-state index in [1.807, 2.05) is 89.8 Å². The largest absolute Gasteiger partial charge is 0.391 e. The van der Waals surface area contributed by atoms with Gasteiger partial charge in [-0.25, -0.2) is 0 Å². The van der Waals surface area contributed by atoms with Gasteiger partial charge in [-0.05, 0) is 72.1 Å². The number of carbonyl (C=O) groups excluding carboxylic acids is 2. The van der Waals surface area contributed by atoms with Gasteiger partial charge in [0.05, 0.1) is 29.9 Å². The lowest BCUT2D eigenvalue weighted by Crippen LogP contribution is -2.43. The molecule has 2 aliphatic rings. The average Bonchev–Trinajstić information content (AvgIpc) is 3.55. The van der Waals surface area contributed by atoms with Crippen LogP contribution in [0.5, 0.6) is 0 Å².